The molecule has 0 saturated carbocycles. The number of rotatable bonds is 6. The highest BCUT2D eigenvalue weighted by molar-refractivity contribution is 6.05. The first-order valence-corrected chi connectivity index (χ1v) is 8.99. The van der Waals surface area contributed by atoms with Crippen LogP contribution in [0.4, 0.5) is 18.9 Å². The molecule has 0 unspecified atom stereocenters. The maximum Gasteiger partial charge on any atom is 0.418 e. The minimum atomic E-state index is -4.64. The number of hydrogen-bond donors (Lipinski definition) is 1. The molecule has 0 atom stereocenters. The zero-order valence-electron chi connectivity index (χ0n) is 15.9. The largest absolute Gasteiger partial charge is 0.493 e. The van der Waals surface area contributed by atoms with Gasteiger partial charge in [0.2, 0.25) is 0 Å². The van der Waals surface area contributed by atoms with Gasteiger partial charge in [-0.1, -0.05) is 19.9 Å². The molecule has 1 aromatic heterocycles. The molecule has 152 valence electrons. The van der Waals surface area contributed by atoms with E-state index in [9.17, 15) is 18.0 Å². The van der Waals surface area contributed by atoms with Gasteiger partial charge in [-0.25, -0.2) is 4.68 Å². The van der Waals surface area contributed by atoms with Crippen LogP contribution < -0.4 is 10.1 Å². The van der Waals surface area contributed by atoms with E-state index in [1.165, 1.54) is 41.3 Å². The average molecular weight is 403 g/mol. The van der Waals surface area contributed by atoms with Gasteiger partial charge in [0, 0.05) is 18.0 Å². The van der Waals surface area contributed by atoms with Crippen molar-refractivity contribution in [3.8, 4) is 11.4 Å². The highest BCUT2D eigenvalue weighted by Crippen LogP contribution is 2.36. The summed E-state index contributed by atoms with van der Waals surface area (Å²) in [5, 5.41) is 6.29. The Morgan fingerprint density at radius 1 is 1.17 bits per heavy atom. The lowest BCUT2D eigenvalue weighted by Gasteiger charge is -2.16. The molecule has 0 bridgehead atoms. The maximum absolute atomic E-state index is 13.6. The lowest BCUT2D eigenvalue weighted by Crippen LogP contribution is -2.17. The molecule has 0 spiro atoms. The second kappa shape index (κ2) is 8.38. The summed E-state index contributed by atoms with van der Waals surface area (Å²) in [6.45, 7) is 4.45. The molecular weight excluding hydrogens is 383 g/mol. The summed E-state index contributed by atoms with van der Waals surface area (Å²) in [7, 11) is 0. The van der Waals surface area contributed by atoms with E-state index in [0.29, 0.717) is 18.3 Å². The number of nitrogens with one attached hydrogen (secondary N) is 1. The van der Waals surface area contributed by atoms with Crippen LogP contribution in [0.5, 0.6) is 5.75 Å². The minimum Gasteiger partial charge on any atom is -0.493 e. The SMILES string of the molecule is CC(C)COc1cccc(C(=O)Nc2ccc(-n3cccn3)cc2C(F)(F)F)c1. The molecule has 2 aromatic carbocycles. The molecule has 0 aliphatic heterocycles. The number of carbonyl (C=O) groups excluding carboxylic acids is 1. The van der Waals surface area contributed by atoms with Crippen LogP contribution in [0, 0.1) is 5.92 Å². The Balaban J connectivity index is 1.86. The molecule has 29 heavy (non-hydrogen) atoms. The smallest absolute Gasteiger partial charge is 0.418 e. The van der Waals surface area contributed by atoms with Crippen molar-refractivity contribution in [2.45, 2.75) is 20.0 Å². The van der Waals surface area contributed by atoms with Gasteiger partial charge in [0.15, 0.2) is 0 Å². The van der Waals surface area contributed by atoms with E-state index in [4.69, 9.17) is 4.74 Å². The Morgan fingerprint density at radius 3 is 2.62 bits per heavy atom. The number of carbonyl (C=O) groups is 1. The molecule has 0 aliphatic rings. The molecule has 1 heterocycles. The third-order valence-corrected chi connectivity index (χ3v) is 4.01. The fourth-order valence-corrected chi connectivity index (χ4v) is 2.62. The number of amides is 1. The molecule has 3 rings (SSSR count). The predicted octanol–water partition coefficient (Wildman–Crippen LogP) is 5.18. The Labute approximate surface area is 166 Å². The van der Waals surface area contributed by atoms with Gasteiger partial charge in [0.25, 0.3) is 5.91 Å². The van der Waals surface area contributed by atoms with Crippen LogP contribution in [-0.2, 0) is 6.18 Å². The molecule has 0 fully saturated rings. The number of nitrogens with zero attached hydrogens (tertiary/aromatic N) is 2. The van der Waals surface area contributed by atoms with Crippen molar-refractivity contribution in [1.82, 2.24) is 9.78 Å². The maximum atomic E-state index is 13.6. The minimum absolute atomic E-state index is 0.204. The van der Waals surface area contributed by atoms with Gasteiger partial charge in [0.05, 0.1) is 23.5 Å². The van der Waals surface area contributed by atoms with E-state index in [-0.39, 0.29) is 16.9 Å². The lowest BCUT2D eigenvalue weighted by molar-refractivity contribution is -0.136. The van der Waals surface area contributed by atoms with Gasteiger partial charge in [-0.15, -0.1) is 0 Å². The quantitative estimate of drug-likeness (QED) is 0.617. The fourth-order valence-electron chi connectivity index (χ4n) is 2.62. The van der Waals surface area contributed by atoms with Gasteiger partial charge < -0.3 is 10.1 Å². The summed E-state index contributed by atoms with van der Waals surface area (Å²) < 4.78 is 47.6. The number of ether oxygens (including phenoxy) is 1. The second-order valence-corrected chi connectivity index (χ2v) is 6.87. The van der Waals surface area contributed by atoms with Crippen molar-refractivity contribution in [3.63, 3.8) is 0 Å². The van der Waals surface area contributed by atoms with E-state index < -0.39 is 17.6 Å². The van der Waals surface area contributed by atoms with Crippen LogP contribution in [0.1, 0.15) is 29.8 Å². The number of hydrogen-bond acceptors (Lipinski definition) is 3. The molecule has 0 saturated heterocycles. The highest BCUT2D eigenvalue weighted by Gasteiger charge is 2.34. The van der Waals surface area contributed by atoms with E-state index in [0.717, 1.165) is 6.07 Å². The van der Waals surface area contributed by atoms with Crippen molar-refractivity contribution >= 4 is 11.6 Å². The van der Waals surface area contributed by atoms with Gasteiger partial charge >= 0.3 is 6.18 Å². The Hall–Kier alpha value is -3.29. The lowest BCUT2D eigenvalue weighted by atomic mass is 10.1. The molecular formula is C21H20F3N3O2. The predicted molar refractivity (Wildman–Crippen MR) is 103 cm³/mol. The second-order valence-electron chi connectivity index (χ2n) is 6.87. The van der Waals surface area contributed by atoms with Crippen molar-refractivity contribution in [2.75, 3.05) is 11.9 Å². The summed E-state index contributed by atoms with van der Waals surface area (Å²) >= 11 is 0. The van der Waals surface area contributed by atoms with Crippen molar-refractivity contribution in [3.05, 3.63) is 72.1 Å². The standard InChI is InChI=1S/C21H20F3N3O2/c1-14(2)13-29-17-6-3-5-15(11-17)20(28)26-19-8-7-16(27-10-4-9-25-27)12-18(19)21(22,23)24/h3-12,14H,13H2,1-2H3,(H,26,28). The van der Waals surface area contributed by atoms with Gasteiger partial charge in [-0.3, -0.25) is 4.79 Å². The highest BCUT2D eigenvalue weighted by atomic mass is 19.4. The Bertz CT molecular complexity index is 983. The number of benzene rings is 2. The van der Waals surface area contributed by atoms with E-state index in [1.54, 1.807) is 18.2 Å². The summed E-state index contributed by atoms with van der Waals surface area (Å²) in [5.41, 5.74) is -0.835. The van der Waals surface area contributed by atoms with Gasteiger partial charge in [-0.05, 0) is 48.4 Å². The van der Waals surface area contributed by atoms with Gasteiger partial charge in [-0.2, -0.15) is 18.3 Å². The van der Waals surface area contributed by atoms with E-state index in [1.807, 2.05) is 13.8 Å². The van der Waals surface area contributed by atoms with Crippen molar-refractivity contribution < 1.29 is 22.7 Å². The first-order valence-electron chi connectivity index (χ1n) is 8.99. The van der Waals surface area contributed by atoms with Crippen LogP contribution in [0.25, 0.3) is 5.69 Å². The average Bonchev–Trinajstić information content (AvgIpc) is 3.21. The molecule has 5 nitrogen and oxygen atoms in total. The molecule has 0 radical (unpaired) electrons. The molecule has 8 heteroatoms. The number of aromatic nitrogens is 2. The zero-order chi connectivity index (χ0) is 21.0. The monoisotopic (exact) mass is 403 g/mol. The fraction of sp³-hybridized carbons (Fsp3) is 0.238. The number of anilines is 1. The Kier molecular flexibility index (Phi) is 5.91. The summed E-state index contributed by atoms with van der Waals surface area (Å²) in [5.74, 6) is 0.129. The van der Waals surface area contributed by atoms with E-state index in [2.05, 4.69) is 10.4 Å². The van der Waals surface area contributed by atoms with Crippen LogP contribution in [0.2, 0.25) is 0 Å². The first-order chi connectivity index (χ1) is 13.7. The van der Waals surface area contributed by atoms with Crippen LogP contribution in [0.15, 0.2) is 60.9 Å². The van der Waals surface area contributed by atoms with E-state index >= 15 is 0 Å². The summed E-state index contributed by atoms with van der Waals surface area (Å²) in [6.07, 6.45) is -1.64. The van der Waals surface area contributed by atoms with Crippen LogP contribution in [0.3, 0.4) is 0 Å². The zero-order valence-corrected chi connectivity index (χ0v) is 15.9. The summed E-state index contributed by atoms with van der Waals surface area (Å²) in [4.78, 5) is 12.5. The summed E-state index contributed by atoms with van der Waals surface area (Å²) in [6, 6.07) is 11.6. The van der Waals surface area contributed by atoms with Crippen LogP contribution >= 0.6 is 0 Å². The third kappa shape index (κ3) is 5.16. The van der Waals surface area contributed by atoms with Crippen LogP contribution in [-0.4, -0.2) is 22.3 Å². The third-order valence-electron chi connectivity index (χ3n) is 4.01. The molecule has 1 N–H and O–H groups in total. The van der Waals surface area contributed by atoms with Crippen molar-refractivity contribution in [2.24, 2.45) is 5.92 Å². The van der Waals surface area contributed by atoms with Gasteiger partial charge in [0.1, 0.15) is 5.75 Å². The molecule has 0 aliphatic carbocycles. The topological polar surface area (TPSA) is 56.1 Å². The number of alkyl halides is 3. The number of halogens is 3. The normalized spacial score (nSPS) is 11.5. The van der Waals surface area contributed by atoms with Crippen molar-refractivity contribution in [1.29, 1.82) is 0 Å². The molecule has 1 amide bonds. The Morgan fingerprint density at radius 2 is 1.97 bits per heavy atom. The molecule has 3 aromatic rings. The first kappa shape index (κ1) is 20.4.